The zero-order valence-corrected chi connectivity index (χ0v) is 18.8. The summed E-state index contributed by atoms with van der Waals surface area (Å²) in [6, 6.07) is 13.0. The van der Waals surface area contributed by atoms with Gasteiger partial charge >= 0.3 is 6.09 Å². The molecule has 1 heterocycles. The van der Waals surface area contributed by atoms with E-state index in [2.05, 4.69) is 17.2 Å². The van der Waals surface area contributed by atoms with Gasteiger partial charge in [-0.3, -0.25) is 9.69 Å². The van der Waals surface area contributed by atoms with Crippen LogP contribution in [0, 0.1) is 11.8 Å². The Bertz CT molecular complexity index is 1130. The van der Waals surface area contributed by atoms with Gasteiger partial charge in [0.15, 0.2) is 0 Å². The molecule has 3 rings (SSSR count). The summed E-state index contributed by atoms with van der Waals surface area (Å²) in [5.41, 5.74) is 1.85. The van der Waals surface area contributed by atoms with E-state index in [1.54, 1.807) is 43.0 Å². The maximum absolute atomic E-state index is 12.5. The van der Waals surface area contributed by atoms with Gasteiger partial charge in [-0.1, -0.05) is 25.7 Å². The predicted octanol–water partition coefficient (Wildman–Crippen LogP) is 2.46. The second-order valence-corrected chi connectivity index (χ2v) is 8.85. The van der Waals surface area contributed by atoms with Crippen LogP contribution in [0.3, 0.4) is 0 Å². The second-order valence-electron chi connectivity index (χ2n) is 6.91. The van der Waals surface area contributed by atoms with Gasteiger partial charge in [0.05, 0.1) is 18.0 Å². The van der Waals surface area contributed by atoms with Crippen molar-refractivity contribution < 1.29 is 22.7 Å². The summed E-state index contributed by atoms with van der Waals surface area (Å²) < 4.78 is 31.3. The van der Waals surface area contributed by atoms with Crippen molar-refractivity contribution in [3.63, 3.8) is 0 Å². The lowest BCUT2D eigenvalue weighted by Crippen LogP contribution is -2.30. The number of cyclic esters (lactones) is 1. The van der Waals surface area contributed by atoms with E-state index in [9.17, 15) is 18.0 Å². The first kappa shape index (κ1) is 23.3. The highest BCUT2D eigenvalue weighted by Crippen LogP contribution is 2.19. The number of ether oxygens (including phenoxy) is 1. The van der Waals surface area contributed by atoms with Crippen molar-refractivity contribution in [2.75, 3.05) is 37.7 Å². The van der Waals surface area contributed by atoms with Gasteiger partial charge in [0.1, 0.15) is 6.61 Å². The standard InChI is InChI=1S/C23H25N3O5S/c1-3-25(4-2)32(29,30)21-13-9-19(10-14-21)22(27)24-15-5-6-18-7-11-20(12-8-18)26-16-17-31-23(26)28/h7-14H,3-4,15-17H2,1-2H3,(H,24,27). The van der Waals surface area contributed by atoms with Gasteiger partial charge in [-0.15, -0.1) is 0 Å². The number of carbonyl (C=O) groups excluding carboxylic acids is 2. The summed E-state index contributed by atoms with van der Waals surface area (Å²) in [5, 5.41) is 2.69. The Morgan fingerprint density at radius 1 is 1.09 bits per heavy atom. The number of anilines is 1. The van der Waals surface area contributed by atoms with Gasteiger partial charge in [0.25, 0.3) is 5.91 Å². The summed E-state index contributed by atoms with van der Waals surface area (Å²) in [5.74, 6) is 5.49. The Kier molecular flexibility index (Phi) is 7.51. The third-order valence-corrected chi connectivity index (χ3v) is 7.03. The third kappa shape index (κ3) is 5.28. The zero-order chi connectivity index (χ0) is 23.1. The number of amides is 2. The van der Waals surface area contributed by atoms with Crippen LogP contribution < -0.4 is 10.2 Å². The van der Waals surface area contributed by atoms with Gasteiger partial charge < -0.3 is 10.1 Å². The molecule has 32 heavy (non-hydrogen) atoms. The average molecular weight is 456 g/mol. The fourth-order valence-corrected chi connectivity index (χ4v) is 4.67. The number of nitrogens with one attached hydrogen (secondary N) is 1. The number of hydrogen-bond acceptors (Lipinski definition) is 5. The van der Waals surface area contributed by atoms with Gasteiger partial charge in [0.2, 0.25) is 10.0 Å². The highest BCUT2D eigenvalue weighted by Gasteiger charge is 2.23. The molecule has 0 aliphatic carbocycles. The maximum atomic E-state index is 12.5. The van der Waals surface area contributed by atoms with Crippen molar-refractivity contribution in [2.24, 2.45) is 0 Å². The van der Waals surface area contributed by atoms with E-state index in [-0.39, 0.29) is 23.4 Å². The highest BCUT2D eigenvalue weighted by molar-refractivity contribution is 7.89. The summed E-state index contributed by atoms with van der Waals surface area (Å²) in [6.45, 7) is 5.37. The molecule has 1 aliphatic rings. The van der Waals surface area contributed by atoms with E-state index < -0.39 is 10.0 Å². The van der Waals surface area contributed by atoms with Gasteiger partial charge in [-0.2, -0.15) is 4.31 Å². The number of nitrogens with zero attached hydrogens (tertiary/aromatic N) is 2. The Balaban J connectivity index is 1.55. The normalized spacial score (nSPS) is 13.5. The lowest BCUT2D eigenvalue weighted by molar-refractivity contribution is 0.0958. The molecule has 0 bridgehead atoms. The molecular formula is C23H25N3O5S. The van der Waals surface area contributed by atoms with Crippen molar-refractivity contribution in [1.82, 2.24) is 9.62 Å². The van der Waals surface area contributed by atoms with Crippen LogP contribution in [0.2, 0.25) is 0 Å². The van der Waals surface area contributed by atoms with Crippen molar-refractivity contribution in [3.8, 4) is 11.8 Å². The van der Waals surface area contributed by atoms with Crippen molar-refractivity contribution in [2.45, 2.75) is 18.7 Å². The molecule has 8 nitrogen and oxygen atoms in total. The van der Waals surface area contributed by atoms with Crippen molar-refractivity contribution in [3.05, 3.63) is 59.7 Å². The molecule has 0 atom stereocenters. The number of sulfonamides is 1. The van der Waals surface area contributed by atoms with Crippen LogP contribution in [-0.4, -0.2) is 57.5 Å². The van der Waals surface area contributed by atoms with Crippen LogP contribution in [0.5, 0.6) is 0 Å². The monoisotopic (exact) mass is 455 g/mol. The predicted molar refractivity (Wildman–Crippen MR) is 121 cm³/mol. The quantitative estimate of drug-likeness (QED) is 0.647. The average Bonchev–Trinajstić information content (AvgIpc) is 3.23. The van der Waals surface area contributed by atoms with E-state index in [0.29, 0.717) is 31.8 Å². The minimum atomic E-state index is -3.56. The molecule has 0 spiro atoms. The Morgan fingerprint density at radius 3 is 2.31 bits per heavy atom. The molecule has 1 saturated heterocycles. The molecule has 2 aromatic carbocycles. The fraction of sp³-hybridized carbons (Fsp3) is 0.304. The Hall–Kier alpha value is -3.35. The number of hydrogen-bond donors (Lipinski definition) is 1. The summed E-state index contributed by atoms with van der Waals surface area (Å²) in [4.78, 5) is 25.6. The first-order chi connectivity index (χ1) is 15.4. The van der Waals surface area contributed by atoms with E-state index in [4.69, 9.17) is 4.74 Å². The molecule has 1 aliphatic heterocycles. The number of benzene rings is 2. The molecule has 1 fully saturated rings. The molecule has 0 saturated carbocycles. The molecule has 2 amide bonds. The minimum Gasteiger partial charge on any atom is -0.447 e. The van der Waals surface area contributed by atoms with Crippen LogP contribution in [0.1, 0.15) is 29.8 Å². The molecule has 0 radical (unpaired) electrons. The summed E-state index contributed by atoms with van der Waals surface area (Å²) in [6.07, 6.45) is -0.356. The maximum Gasteiger partial charge on any atom is 0.414 e. The van der Waals surface area contributed by atoms with E-state index in [1.807, 2.05) is 0 Å². The smallest absolute Gasteiger partial charge is 0.414 e. The SMILES string of the molecule is CCN(CC)S(=O)(=O)c1ccc(C(=O)NCC#Cc2ccc(N3CCOC3=O)cc2)cc1. The van der Waals surface area contributed by atoms with Crippen LogP contribution >= 0.6 is 0 Å². The van der Waals surface area contributed by atoms with Crippen molar-refractivity contribution >= 4 is 27.7 Å². The highest BCUT2D eigenvalue weighted by atomic mass is 32.2. The van der Waals surface area contributed by atoms with E-state index >= 15 is 0 Å². The molecule has 1 N–H and O–H groups in total. The lowest BCUT2D eigenvalue weighted by atomic mass is 10.2. The van der Waals surface area contributed by atoms with Crippen LogP contribution in [0.15, 0.2) is 53.4 Å². The van der Waals surface area contributed by atoms with Crippen LogP contribution in [0.25, 0.3) is 0 Å². The van der Waals surface area contributed by atoms with Gasteiger partial charge in [0, 0.05) is 29.9 Å². The fourth-order valence-electron chi connectivity index (χ4n) is 3.22. The largest absolute Gasteiger partial charge is 0.447 e. The Morgan fingerprint density at radius 2 is 1.75 bits per heavy atom. The topological polar surface area (TPSA) is 96.0 Å². The second kappa shape index (κ2) is 10.3. The Labute approximate surface area is 188 Å². The summed E-state index contributed by atoms with van der Waals surface area (Å²) in [7, 11) is -3.56. The van der Waals surface area contributed by atoms with Crippen LogP contribution in [-0.2, 0) is 14.8 Å². The van der Waals surface area contributed by atoms with E-state index in [0.717, 1.165) is 11.3 Å². The van der Waals surface area contributed by atoms with Crippen LogP contribution in [0.4, 0.5) is 10.5 Å². The molecule has 168 valence electrons. The number of carbonyl (C=O) groups is 2. The molecule has 0 unspecified atom stereocenters. The summed E-state index contributed by atoms with van der Waals surface area (Å²) >= 11 is 0. The minimum absolute atomic E-state index is 0.137. The molecule has 9 heteroatoms. The first-order valence-electron chi connectivity index (χ1n) is 10.3. The molecule has 0 aromatic heterocycles. The third-order valence-electron chi connectivity index (χ3n) is 4.97. The van der Waals surface area contributed by atoms with Crippen molar-refractivity contribution in [1.29, 1.82) is 0 Å². The molecule has 2 aromatic rings. The van der Waals surface area contributed by atoms with Gasteiger partial charge in [-0.25, -0.2) is 13.2 Å². The zero-order valence-electron chi connectivity index (χ0n) is 18.0. The van der Waals surface area contributed by atoms with E-state index in [1.165, 1.54) is 28.6 Å². The van der Waals surface area contributed by atoms with Gasteiger partial charge in [-0.05, 0) is 48.5 Å². The molecular weight excluding hydrogens is 430 g/mol. The lowest BCUT2D eigenvalue weighted by Gasteiger charge is -2.18. The number of rotatable bonds is 7. The first-order valence-corrected chi connectivity index (χ1v) is 11.7.